The van der Waals surface area contributed by atoms with Crippen LogP contribution < -0.4 is 0 Å². The molecule has 1 N–H and O–H groups in total. The maximum Gasteiger partial charge on any atom is 0.472 e. The van der Waals surface area contributed by atoms with Crippen LogP contribution >= 0.6 is 7.82 Å². The van der Waals surface area contributed by atoms with Crippen LogP contribution in [0.25, 0.3) is 0 Å². The Morgan fingerprint density at radius 2 is 1.04 bits per heavy atom. The zero-order chi connectivity index (χ0) is 39.1. The number of unbranched alkanes of at least 4 members (excludes halogenated alkanes) is 6. The molecule has 0 amide bonds. The maximum absolute atomic E-state index is 12.6. The number of rotatable bonds is 35. The summed E-state index contributed by atoms with van der Waals surface area (Å²) in [7, 11) is 1.58. The number of hydrogen-bond donors (Lipinski definition) is 1. The number of quaternary nitrogens is 1. The summed E-state index contributed by atoms with van der Waals surface area (Å²) in [6.45, 7) is 5.18. The van der Waals surface area contributed by atoms with Gasteiger partial charge in [0.1, 0.15) is 19.3 Å². The van der Waals surface area contributed by atoms with E-state index in [-0.39, 0.29) is 26.2 Å². The molecular weight excluding hydrogens is 685 g/mol. The summed E-state index contributed by atoms with van der Waals surface area (Å²) >= 11 is 0. The van der Waals surface area contributed by atoms with Crippen LogP contribution in [0.2, 0.25) is 0 Å². The van der Waals surface area contributed by atoms with Gasteiger partial charge in [-0.1, -0.05) is 137 Å². The first-order chi connectivity index (χ1) is 25.6. The molecule has 0 radical (unpaired) electrons. The molecule has 0 bridgehead atoms. The number of ether oxygens (including phenoxy) is 2. The van der Waals surface area contributed by atoms with Crippen molar-refractivity contribution in [3.05, 3.63) is 97.2 Å². The lowest BCUT2D eigenvalue weighted by atomic mass is 10.1. The van der Waals surface area contributed by atoms with Crippen LogP contribution in [-0.2, 0) is 27.9 Å². The second kappa shape index (κ2) is 36.4. The van der Waals surface area contributed by atoms with Gasteiger partial charge in [-0.15, -0.1) is 0 Å². The normalized spacial score (nSPS) is 14.9. The van der Waals surface area contributed by atoms with E-state index in [0.717, 1.165) is 70.6 Å². The summed E-state index contributed by atoms with van der Waals surface area (Å²) in [5.74, 6) is -0.450. The standard InChI is InChI=1S/C44H74NO7P/c1-6-8-10-12-14-16-18-20-22-24-26-28-30-32-34-36-39-49-41-43(42-51-53(47,48)50-40-38-45(3,4)5)52-44(46)37-35-33-31-29-27-25-23-21-19-17-15-13-11-9-7-2/h8-11,14-17,20-23,27,29,33,35,43H,6-7,12-13,18-19,24-26,28,30-32,34,36-42H2,1-5H3/p+1/b10-8-,11-9-,16-14-,17-15-,22-20-,23-21-,29-27-,35-33-. The number of likely N-dealkylation sites (N-methyl/N-ethyl adjacent to an activating group) is 1. The van der Waals surface area contributed by atoms with Gasteiger partial charge >= 0.3 is 13.8 Å². The number of phosphoric acid groups is 1. The van der Waals surface area contributed by atoms with E-state index in [0.29, 0.717) is 24.1 Å². The number of carbonyl (C=O) groups excluding carboxylic acids is 1. The average Bonchev–Trinajstić information content (AvgIpc) is 3.11. The Morgan fingerprint density at radius 1 is 0.585 bits per heavy atom. The summed E-state index contributed by atoms with van der Waals surface area (Å²) in [5.41, 5.74) is 0. The third-order valence-electron chi connectivity index (χ3n) is 7.67. The van der Waals surface area contributed by atoms with Crippen LogP contribution in [0.4, 0.5) is 0 Å². The molecule has 0 aromatic heterocycles. The van der Waals surface area contributed by atoms with Crippen molar-refractivity contribution in [1.29, 1.82) is 0 Å². The second-order valence-corrected chi connectivity index (χ2v) is 15.4. The molecule has 0 saturated heterocycles. The molecule has 0 aliphatic carbocycles. The van der Waals surface area contributed by atoms with E-state index >= 15 is 0 Å². The van der Waals surface area contributed by atoms with Crippen molar-refractivity contribution in [3.8, 4) is 0 Å². The van der Waals surface area contributed by atoms with Crippen molar-refractivity contribution >= 4 is 13.8 Å². The van der Waals surface area contributed by atoms with Gasteiger partial charge in [0.25, 0.3) is 0 Å². The van der Waals surface area contributed by atoms with E-state index in [1.54, 1.807) is 6.08 Å². The minimum absolute atomic E-state index is 0.0635. The molecule has 0 saturated carbocycles. The lowest BCUT2D eigenvalue weighted by Gasteiger charge is -2.24. The molecule has 0 aliphatic heterocycles. The zero-order valence-electron chi connectivity index (χ0n) is 34.0. The van der Waals surface area contributed by atoms with Gasteiger partial charge in [0.2, 0.25) is 0 Å². The molecular formula is C44H75NO7P+. The van der Waals surface area contributed by atoms with Crippen molar-refractivity contribution in [2.45, 2.75) is 123 Å². The Hall–Kier alpha value is -2.58. The largest absolute Gasteiger partial charge is 0.472 e. The van der Waals surface area contributed by atoms with Crippen LogP contribution in [0.3, 0.4) is 0 Å². The first-order valence-corrected chi connectivity index (χ1v) is 21.5. The van der Waals surface area contributed by atoms with Gasteiger partial charge in [-0.25, -0.2) is 4.57 Å². The third-order valence-corrected chi connectivity index (χ3v) is 8.66. The van der Waals surface area contributed by atoms with Gasteiger partial charge in [-0.3, -0.25) is 13.8 Å². The SMILES string of the molecule is CC/C=C\C/C=C\C/C=C\C/C=C\C/C=C\CC(=O)OC(COCCCCCCCC/C=C\C/C=C\C/C=C\CC)COP(=O)(O)OCC[N+](C)(C)C. The summed E-state index contributed by atoms with van der Waals surface area (Å²) < 4.78 is 34.7. The van der Waals surface area contributed by atoms with E-state index in [2.05, 4.69) is 98.9 Å². The molecule has 0 spiro atoms. The molecule has 0 aromatic carbocycles. The van der Waals surface area contributed by atoms with Crippen LogP contribution in [-0.4, -0.2) is 75.6 Å². The summed E-state index contributed by atoms with van der Waals surface area (Å²) in [6.07, 6.45) is 49.0. The van der Waals surface area contributed by atoms with Gasteiger partial charge in [0.15, 0.2) is 0 Å². The van der Waals surface area contributed by atoms with Gasteiger partial charge < -0.3 is 18.9 Å². The van der Waals surface area contributed by atoms with Gasteiger partial charge in [-0.2, -0.15) is 0 Å². The fourth-order valence-corrected chi connectivity index (χ4v) is 5.38. The van der Waals surface area contributed by atoms with Crippen LogP contribution in [0, 0.1) is 0 Å². The van der Waals surface area contributed by atoms with Crippen molar-refractivity contribution in [3.63, 3.8) is 0 Å². The summed E-state index contributed by atoms with van der Waals surface area (Å²) in [5, 5.41) is 0. The molecule has 9 heteroatoms. The Labute approximate surface area is 324 Å². The van der Waals surface area contributed by atoms with Crippen LogP contribution in [0.5, 0.6) is 0 Å². The highest BCUT2D eigenvalue weighted by molar-refractivity contribution is 7.47. The lowest BCUT2D eigenvalue weighted by molar-refractivity contribution is -0.870. The number of esters is 1. The Bertz CT molecular complexity index is 1160. The van der Waals surface area contributed by atoms with Gasteiger partial charge in [-0.05, 0) is 70.6 Å². The van der Waals surface area contributed by atoms with Gasteiger partial charge in [0.05, 0.1) is 40.8 Å². The molecule has 0 fully saturated rings. The molecule has 53 heavy (non-hydrogen) atoms. The first-order valence-electron chi connectivity index (χ1n) is 20.0. The smallest absolute Gasteiger partial charge is 0.457 e. The second-order valence-electron chi connectivity index (χ2n) is 13.9. The molecule has 2 atom stereocenters. The highest BCUT2D eigenvalue weighted by Gasteiger charge is 2.26. The number of nitrogens with zero attached hydrogens (tertiary/aromatic N) is 1. The summed E-state index contributed by atoms with van der Waals surface area (Å²) in [6, 6.07) is 0. The first kappa shape index (κ1) is 50.4. The maximum atomic E-state index is 12.6. The average molecular weight is 761 g/mol. The van der Waals surface area contributed by atoms with E-state index in [1.165, 1.54) is 19.3 Å². The molecule has 0 aromatic rings. The predicted octanol–water partition coefficient (Wildman–Crippen LogP) is 11.5. The number of allylic oxidation sites excluding steroid dienone is 15. The quantitative estimate of drug-likeness (QED) is 0.0226. The molecule has 2 unspecified atom stereocenters. The van der Waals surface area contributed by atoms with E-state index in [9.17, 15) is 14.3 Å². The monoisotopic (exact) mass is 761 g/mol. The predicted molar refractivity (Wildman–Crippen MR) is 224 cm³/mol. The zero-order valence-corrected chi connectivity index (χ0v) is 34.8. The number of hydrogen-bond acceptors (Lipinski definition) is 6. The van der Waals surface area contributed by atoms with Gasteiger partial charge in [0, 0.05) is 6.61 Å². The Morgan fingerprint density at radius 3 is 1.55 bits per heavy atom. The van der Waals surface area contributed by atoms with E-state index in [1.807, 2.05) is 27.2 Å². The highest BCUT2D eigenvalue weighted by Crippen LogP contribution is 2.43. The van der Waals surface area contributed by atoms with Crippen LogP contribution in [0.15, 0.2) is 97.2 Å². The third kappa shape index (κ3) is 40.4. The van der Waals surface area contributed by atoms with E-state index < -0.39 is 19.9 Å². The molecule has 302 valence electrons. The fourth-order valence-electron chi connectivity index (χ4n) is 4.64. The van der Waals surface area contributed by atoms with Crippen molar-refractivity contribution < 1.29 is 37.3 Å². The van der Waals surface area contributed by atoms with E-state index in [4.69, 9.17) is 18.5 Å². The molecule has 0 heterocycles. The van der Waals surface area contributed by atoms with Crippen molar-refractivity contribution in [1.82, 2.24) is 0 Å². The molecule has 0 aliphatic rings. The fraction of sp³-hybridized carbons (Fsp3) is 0.614. The minimum Gasteiger partial charge on any atom is -0.457 e. The Balaban J connectivity index is 4.47. The Kier molecular flexibility index (Phi) is 34.6. The molecule has 0 rings (SSSR count). The summed E-state index contributed by atoms with van der Waals surface area (Å²) in [4.78, 5) is 22.8. The van der Waals surface area contributed by atoms with Crippen molar-refractivity contribution in [2.24, 2.45) is 0 Å². The van der Waals surface area contributed by atoms with Crippen molar-refractivity contribution in [2.75, 3.05) is 54.1 Å². The van der Waals surface area contributed by atoms with Crippen LogP contribution in [0.1, 0.15) is 117 Å². The number of phosphoric ester groups is 1. The number of carbonyl (C=O) groups is 1. The topological polar surface area (TPSA) is 91.3 Å². The minimum atomic E-state index is -4.31. The molecule has 8 nitrogen and oxygen atoms in total. The highest BCUT2D eigenvalue weighted by atomic mass is 31.2. The lowest BCUT2D eigenvalue weighted by Crippen LogP contribution is -2.37.